The molecule has 0 amide bonds. The van der Waals surface area contributed by atoms with Gasteiger partial charge in [-0.3, -0.25) is 0 Å². The van der Waals surface area contributed by atoms with Crippen molar-refractivity contribution in [3.8, 4) is 11.1 Å². The normalized spacial score (nSPS) is 28.6. The second-order valence-electron chi connectivity index (χ2n) is 13.5. The van der Waals surface area contributed by atoms with E-state index in [2.05, 4.69) is 6.92 Å². The summed E-state index contributed by atoms with van der Waals surface area (Å²) in [6, 6.07) is 5.99. The van der Waals surface area contributed by atoms with Gasteiger partial charge in [-0.05, 0) is 117 Å². The molecule has 3 saturated carbocycles. The minimum atomic E-state index is -3.13. The number of benzene rings is 2. The number of alkyl halides is 2. The molecule has 2 aromatic carbocycles. The van der Waals surface area contributed by atoms with Crippen molar-refractivity contribution in [3.05, 3.63) is 59.2 Å². The molecule has 0 spiro atoms. The van der Waals surface area contributed by atoms with Gasteiger partial charge in [-0.15, -0.1) is 0 Å². The lowest BCUT2D eigenvalue weighted by Crippen LogP contribution is -2.39. The summed E-state index contributed by atoms with van der Waals surface area (Å²) in [7, 11) is 0. The smallest absolute Gasteiger partial charge is 0.317 e. The SMILES string of the molecule is CCCCCC1CCC(C2CCC(C(F)(F)OC3CCC(c4ccc(-c5cc(F)c(F)c(F)c5)c(F)c4)CC3)CC2)CC1. The molecule has 0 bridgehead atoms. The van der Waals surface area contributed by atoms with Gasteiger partial charge in [0.05, 0.1) is 12.0 Å². The van der Waals surface area contributed by atoms with Crippen LogP contribution in [0.4, 0.5) is 26.3 Å². The Kier molecular flexibility index (Phi) is 10.8. The molecule has 7 heteroatoms. The van der Waals surface area contributed by atoms with Crippen molar-refractivity contribution in [1.82, 2.24) is 0 Å². The van der Waals surface area contributed by atoms with Crippen LogP contribution < -0.4 is 0 Å². The highest BCUT2D eigenvalue weighted by Crippen LogP contribution is 2.47. The Balaban J connectivity index is 1.07. The van der Waals surface area contributed by atoms with Crippen LogP contribution in [0, 0.1) is 46.9 Å². The summed E-state index contributed by atoms with van der Waals surface area (Å²) in [5, 5.41) is 0. The lowest BCUT2D eigenvalue weighted by atomic mass is 9.68. The van der Waals surface area contributed by atoms with Crippen LogP contribution in [0.25, 0.3) is 11.1 Å². The molecule has 238 valence electrons. The van der Waals surface area contributed by atoms with E-state index in [9.17, 15) is 17.6 Å². The third-order valence-corrected chi connectivity index (χ3v) is 10.8. The van der Waals surface area contributed by atoms with Gasteiger partial charge in [0.2, 0.25) is 0 Å². The Morgan fingerprint density at radius 3 is 1.88 bits per heavy atom. The van der Waals surface area contributed by atoms with Crippen molar-refractivity contribution in [1.29, 1.82) is 0 Å². The Labute approximate surface area is 252 Å². The van der Waals surface area contributed by atoms with Crippen molar-refractivity contribution < 1.29 is 31.1 Å². The zero-order valence-corrected chi connectivity index (χ0v) is 25.3. The van der Waals surface area contributed by atoms with Gasteiger partial charge in [0.25, 0.3) is 0 Å². The van der Waals surface area contributed by atoms with Gasteiger partial charge in [0.1, 0.15) is 5.82 Å². The van der Waals surface area contributed by atoms with Crippen molar-refractivity contribution in [2.45, 2.75) is 128 Å². The van der Waals surface area contributed by atoms with Crippen LogP contribution in [0.1, 0.15) is 121 Å². The first-order chi connectivity index (χ1) is 20.6. The van der Waals surface area contributed by atoms with Gasteiger partial charge in [-0.2, -0.15) is 8.78 Å². The highest BCUT2D eigenvalue weighted by molar-refractivity contribution is 5.65. The van der Waals surface area contributed by atoms with E-state index < -0.39 is 41.4 Å². The zero-order chi connectivity index (χ0) is 30.6. The molecule has 3 aliphatic rings. The van der Waals surface area contributed by atoms with E-state index in [1.165, 1.54) is 63.5 Å². The molecule has 0 unspecified atom stereocenters. The Bertz CT molecular complexity index is 1170. The maximum absolute atomic E-state index is 15.3. The van der Waals surface area contributed by atoms with E-state index >= 15 is 8.78 Å². The molecule has 43 heavy (non-hydrogen) atoms. The summed E-state index contributed by atoms with van der Waals surface area (Å²) >= 11 is 0. The Morgan fingerprint density at radius 2 is 1.30 bits per heavy atom. The van der Waals surface area contributed by atoms with E-state index in [0.717, 1.165) is 30.9 Å². The summed E-state index contributed by atoms with van der Waals surface area (Å²) in [4.78, 5) is 0. The Morgan fingerprint density at radius 1 is 0.698 bits per heavy atom. The van der Waals surface area contributed by atoms with E-state index in [0.29, 0.717) is 55.9 Å². The number of halogens is 6. The Hall–Kier alpha value is -2.02. The molecule has 3 aliphatic carbocycles. The zero-order valence-electron chi connectivity index (χ0n) is 25.3. The van der Waals surface area contributed by atoms with Gasteiger partial charge in [0.15, 0.2) is 17.5 Å². The molecule has 0 aliphatic heterocycles. The fourth-order valence-electron chi connectivity index (χ4n) is 8.12. The van der Waals surface area contributed by atoms with E-state index in [-0.39, 0.29) is 17.0 Å². The molecule has 0 radical (unpaired) electrons. The second-order valence-corrected chi connectivity index (χ2v) is 13.5. The summed E-state index contributed by atoms with van der Waals surface area (Å²) < 4.78 is 91.5. The topological polar surface area (TPSA) is 9.23 Å². The van der Waals surface area contributed by atoms with E-state index in [1.807, 2.05) is 0 Å². The molecule has 5 rings (SSSR count). The van der Waals surface area contributed by atoms with Crippen LogP contribution in [-0.4, -0.2) is 12.2 Å². The number of hydrogen-bond acceptors (Lipinski definition) is 1. The molecule has 2 aromatic rings. The number of ether oxygens (including phenoxy) is 1. The van der Waals surface area contributed by atoms with Gasteiger partial charge < -0.3 is 4.74 Å². The number of hydrogen-bond donors (Lipinski definition) is 0. The first-order valence-electron chi connectivity index (χ1n) is 16.6. The quantitative estimate of drug-likeness (QED) is 0.148. The van der Waals surface area contributed by atoms with Crippen LogP contribution in [0.2, 0.25) is 0 Å². The fraction of sp³-hybridized carbons (Fsp3) is 0.667. The largest absolute Gasteiger partial charge is 0.358 e. The predicted octanol–water partition coefficient (Wildman–Crippen LogP) is 11.7. The predicted molar refractivity (Wildman–Crippen MR) is 158 cm³/mol. The highest BCUT2D eigenvalue weighted by atomic mass is 19.3. The average Bonchev–Trinajstić information content (AvgIpc) is 3.00. The summed E-state index contributed by atoms with van der Waals surface area (Å²) in [5.41, 5.74) is 0.602. The molecule has 0 aromatic heterocycles. The van der Waals surface area contributed by atoms with Crippen molar-refractivity contribution >= 4 is 0 Å². The first kappa shape index (κ1) is 32.4. The minimum Gasteiger partial charge on any atom is -0.317 e. The molecular formula is C36H46F6O. The van der Waals surface area contributed by atoms with Crippen LogP contribution >= 0.6 is 0 Å². The molecule has 0 saturated heterocycles. The lowest BCUT2D eigenvalue weighted by Gasteiger charge is -2.40. The molecule has 1 nitrogen and oxygen atoms in total. The third kappa shape index (κ3) is 7.99. The maximum Gasteiger partial charge on any atom is 0.358 e. The van der Waals surface area contributed by atoms with Crippen molar-refractivity contribution in [2.24, 2.45) is 23.7 Å². The summed E-state index contributed by atoms with van der Waals surface area (Å²) in [6.45, 7) is 2.24. The number of unbranched alkanes of at least 4 members (excludes halogenated alkanes) is 2. The molecule has 0 N–H and O–H groups in total. The van der Waals surface area contributed by atoms with Gasteiger partial charge in [-0.1, -0.05) is 57.6 Å². The molecule has 3 fully saturated rings. The van der Waals surface area contributed by atoms with Crippen LogP contribution in [0.15, 0.2) is 30.3 Å². The monoisotopic (exact) mass is 608 g/mol. The average molecular weight is 609 g/mol. The lowest BCUT2D eigenvalue weighted by molar-refractivity contribution is -0.301. The summed E-state index contributed by atoms with van der Waals surface area (Å²) in [5.74, 6) is -3.62. The summed E-state index contributed by atoms with van der Waals surface area (Å²) in [6.07, 6.45) is 11.7. The van der Waals surface area contributed by atoms with Gasteiger partial charge in [-0.25, -0.2) is 17.6 Å². The fourth-order valence-corrected chi connectivity index (χ4v) is 8.12. The van der Waals surface area contributed by atoms with E-state index in [1.54, 1.807) is 6.07 Å². The van der Waals surface area contributed by atoms with Crippen LogP contribution in [-0.2, 0) is 4.74 Å². The molecule has 0 atom stereocenters. The highest BCUT2D eigenvalue weighted by Gasteiger charge is 2.46. The maximum atomic E-state index is 15.3. The standard InChI is InChI=1S/C36H46F6O/c1-2-3-4-5-23-6-8-24(9-7-23)25-10-15-29(16-11-25)36(41,42)43-30-17-12-26(13-18-30)27-14-19-31(32(37)20-27)28-21-33(38)35(40)34(39)22-28/h14,19-26,29-30H,2-13,15-18H2,1H3. The van der Waals surface area contributed by atoms with Crippen molar-refractivity contribution in [3.63, 3.8) is 0 Å². The first-order valence-corrected chi connectivity index (χ1v) is 16.6. The third-order valence-electron chi connectivity index (χ3n) is 10.8. The second kappa shape index (κ2) is 14.4. The van der Waals surface area contributed by atoms with Crippen LogP contribution in [0.3, 0.4) is 0 Å². The van der Waals surface area contributed by atoms with Gasteiger partial charge >= 0.3 is 6.11 Å². The van der Waals surface area contributed by atoms with Gasteiger partial charge in [0, 0.05) is 5.56 Å². The minimum absolute atomic E-state index is 0.0177. The molecule has 0 heterocycles. The van der Waals surface area contributed by atoms with E-state index in [4.69, 9.17) is 4.74 Å². The number of rotatable bonds is 10. The van der Waals surface area contributed by atoms with Crippen LogP contribution in [0.5, 0.6) is 0 Å². The van der Waals surface area contributed by atoms with Crippen molar-refractivity contribution in [2.75, 3.05) is 0 Å². The molecular weight excluding hydrogens is 562 g/mol.